The Morgan fingerprint density at radius 1 is 1.03 bits per heavy atom. The number of carbonyl (C=O) groups excluding carboxylic acids is 1. The zero-order valence-corrected chi connectivity index (χ0v) is 21.8. The van der Waals surface area contributed by atoms with Crippen molar-refractivity contribution in [2.45, 2.75) is 52.2 Å². The van der Waals surface area contributed by atoms with Crippen molar-refractivity contribution >= 4 is 34.0 Å². The largest absolute Gasteiger partial charge is 0.490 e. The van der Waals surface area contributed by atoms with E-state index in [4.69, 9.17) is 21.3 Å². The molecular formula is C30H35N5O2. The maximum atomic E-state index is 13.6. The molecule has 7 nitrogen and oxygen atoms in total. The second-order valence-corrected chi connectivity index (χ2v) is 10.6. The van der Waals surface area contributed by atoms with E-state index in [1.807, 2.05) is 42.2 Å². The highest BCUT2D eigenvalue weighted by Crippen LogP contribution is 2.44. The number of piperidine rings is 1. The predicted octanol–water partition coefficient (Wildman–Crippen LogP) is 5.25. The summed E-state index contributed by atoms with van der Waals surface area (Å²) in [6, 6.07) is 18.0. The van der Waals surface area contributed by atoms with Crippen LogP contribution in [0.2, 0.25) is 0 Å². The molecule has 0 spiro atoms. The molecule has 37 heavy (non-hydrogen) atoms. The maximum absolute atomic E-state index is 13.6. The number of anilines is 1. The summed E-state index contributed by atoms with van der Waals surface area (Å²) in [4.78, 5) is 17.6. The molecule has 0 bridgehead atoms. The number of hydrogen-bond acceptors (Lipinski definition) is 4. The first-order valence-electron chi connectivity index (χ1n) is 13.0. The average molecular weight is 498 g/mol. The summed E-state index contributed by atoms with van der Waals surface area (Å²) in [5.74, 6) is 1.55. The van der Waals surface area contributed by atoms with Crippen molar-refractivity contribution in [3.05, 3.63) is 71.3 Å². The predicted molar refractivity (Wildman–Crippen MR) is 149 cm³/mol. The first-order chi connectivity index (χ1) is 17.7. The standard InChI is InChI=1S/C30H35N5O2/c1-18(2)28-26-16-25(37-24-10-12-34(13-11-24)19(3)31)8-9-27(26)35(30(28)36)17-20-4-5-21-6-7-22(29(32)33)15-23(21)14-20/h4-9,14-16,18,24,28,31H,10-13,17H2,1-3H3,(H3,32,33). The number of amides is 1. The lowest BCUT2D eigenvalue weighted by atomic mass is 9.89. The van der Waals surface area contributed by atoms with E-state index in [2.05, 4.69) is 43.0 Å². The molecule has 4 N–H and O–H groups in total. The number of amidine groups is 2. The van der Waals surface area contributed by atoms with Crippen LogP contribution < -0.4 is 15.4 Å². The third-order valence-corrected chi connectivity index (χ3v) is 7.60. The van der Waals surface area contributed by atoms with Gasteiger partial charge in [0.1, 0.15) is 17.7 Å². The fourth-order valence-corrected chi connectivity index (χ4v) is 5.57. The molecule has 3 aromatic carbocycles. The summed E-state index contributed by atoms with van der Waals surface area (Å²) in [6.07, 6.45) is 1.90. The molecule has 7 heteroatoms. The van der Waals surface area contributed by atoms with Crippen LogP contribution in [0.1, 0.15) is 56.2 Å². The molecule has 1 atom stereocenters. The first kappa shape index (κ1) is 24.8. The monoisotopic (exact) mass is 497 g/mol. The Morgan fingerprint density at radius 2 is 1.76 bits per heavy atom. The summed E-state index contributed by atoms with van der Waals surface area (Å²) < 4.78 is 6.35. The Labute approximate surface area is 218 Å². The Hall–Kier alpha value is -3.87. The third kappa shape index (κ3) is 4.90. The van der Waals surface area contributed by atoms with Crippen LogP contribution in [0, 0.1) is 16.7 Å². The lowest BCUT2D eigenvalue weighted by molar-refractivity contribution is -0.120. The van der Waals surface area contributed by atoms with E-state index in [9.17, 15) is 4.79 Å². The minimum Gasteiger partial charge on any atom is -0.490 e. The van der Waals surface area contributed by atoms with Crippen LogP contribution in [0.25, 0.3) is 10.8 Å². The third-order valence-electron chi connectivity index (χ3n) is 7.60. The number of ether oxygens (including phenoxy) is 1. The van der Waals surface area contributed by atoms with Crippen LogP contribution in [0.4, 0.5) is 5.69 Å². The van der Waals surface area contributed by atoms with E-state index in [0.29, 0.717) is 17.9 Å². The first-order valence-corrected chi connectivity index (χ1v) is 13.0. The number of nitrogen functional groups attached to an aromatic ring is 1. The minimum atomic E-state index is -0.203. The number of benzene rings is 3. The number of nitrogens with zero attached hydrogens (tertiary/aromatic N) is 2. The van der Waals surface area contributed by atoms with E-state index >= 15 is 0 Å². The zero-order valence-electron chi connectivity index (χ0n) is 21.8. The second kappa shape index (κ2) is 9.88. The quantitative estimate of drug-likeness (QED) is 0.319. The highest BCUT2D eigenvalue weighted by atomic mass is 16.5. The van der Waals surface area contributed by atoms with Gasteiger partial charge in [0, 0.05) is 37.2 Å². The van der Waals surface area contributed by atoms with Gasteiger partial charge in [-0.2, -0.15) is 0 Å². The van der Waals surface area contributed by atoms with Crippen molar-refractivity contribution in [1.29, 1.82) is 10.8 Å². The molecule has 1 fully saturated rings. The van der Waals surface area contributed by atoms with E-state index in [0.717, 1.165) is 59.3 Å². The fourth-order valence-electron chi connectivity index (χ4n) is 5.57. The Morgan fingerprint density at radius 3 is 2.43 bits per heavy atom. The summed E-state index contributed by atoms with van der Waals surface area (Å²) in [5.41, 5.74) is 9.39. The van der Waals surface area contributed by atoms with E-state index in [-0.39, 0.29) is 29.7 Å². The normalized spacial score (nSPS) is 17.9. The number of fused-ring (bicyclic) bond motifs is 2. The highest BCUT2D eigenvalue weighted by molar-refractivity contribution is 6.05. The van der Waals surface area contributed by atoms with Crippen molar-refractivity contribution in [2.75, 3.05) is 18.0 Å². The Bertz CT molecular complexity index is 1370. The van der Waals surface area contributed by atoms with Gasteiger partial charge in [0.25, 0.3) is 0 Å². The van der Waals surface area contributed by atoms with Gasteiger partial charge in [0.15, 0.2) is 0 Å². The summed E-state index contributed by atoms with van der Waals surface area (Å²) in [5, 5.41) is 17.7. The number of rotatable bonds is 6. The molecule has 192 valence electrons. The Kier molecular flexibility index (Phi) is 6.63. The summed E-state index contributed by atoms with van der Waals surface area (Å²) >= 11 is 0. The van der Waals surface area contributed by atoms with Gasteiger partial charge in [-0.25, -0.2) is 0 Å². The topological polar surface area (TPSA) is 107 Å². The van der Waals surface area contributed by atoms with Crippen LogP contribution in [0.15, 0.2) is 54.6 Å². The molecule has 1 amide bonds. The van der Waals surface area contributed by atoms with Crippen LogP contribution in [-0.4, -0.2) is 41.7 Å². The molecule has 0 radical (unpaired) electrons. The van der Waals surface area contributed by atoms with E-state index in [1.54, 1.807) is 0 Å². The van der Waals surface area contributed by atoms with Crippen molar-refractivity contribution < 1.29 is 9.53 Å². The van der Waals surface area contributed by atoms with Gasteiger partial charge >= 0.3 is 0 Å². The van der Waals surface area contributed by atoms with Crippen molar-refractivity contribution in [3.8, 4) is 5.75 Å². The average Bonchev–Trinajstić information content (AvgIpc) is 3.14. The smallest absolute Gasteiger partial charge is 0.235 e. The molecule has 3 aromatic rings. The number of nitrogens with one attached hydrogen (secondary N) is 2. The minimum absolute atomic E-state index is 0.0455. The zero-order chi connectivity index (χ0) is 26.3. The van der Waals surface area contributed by atoms with Crippen LogP contribution >= 0.6 is 0 Å². The van der Waals surface area contributed by atoms with Crippen LogP contribution in [-0.2, 0) is 11.3 Å². The molecule has 1 unspecified atom stereocenters. The lowest BCUT2D eigenvalue weighted by Crippen LogP contribution is -2.40. The molecule has 2 aliphatic heterocycles. The summed E-state index contributed by atoms with van der Waals surface area (Å²) in [6.45, 7) is 8.18. The van der Waals surface area contributed by atoms with Gasteiger partial charge in [-0.1, -0.05) is 38.1 Å². The molecule has 2 aliphatic rings. The summed E-state index contributed by atoms with van der Waals surface area (Å²) in [7, 11) is 0. The Balaban J connectivity index is 1.39. The molecule has 2 heterocycles. The van der Waals surface area contributed by atoms with Crippen molar-refractivity contribution in [1.82, 2.24) is 4.90 Å². The maximum Gasteiger partial charge on any atom is 0.235 e. The lowest BCUT2D eigenvalue weighted by Gasteiger charge is -2.33. The van der Waals surface area contributed by atoms with Gasteiger partial charge in [-0.05, 0) is 65.1 Å². The molecule has 0 aliphatic carbocycles. The second-order valence-electron chi connectivity index (χ2n) is 10.6. The number of hydrogen-bond donors (Lipinski definition) is 3. The van der Waals surface area contributed by atoms with Crippen molar-refractivity contribution in [3.63, 3.8) is 0 Å². The number of likely N-dealkylation sites (tertiary alicyclic amines) is 1. The van der Waals surface area contributed by atoms with Gasteiger partial charge in [-0.15, -0.1) is 0 Å². The highest BCUT2D eigenvalue weighted by Gasteiger charge is 2.39. The molecule has 0 saturated carbocycles. The van der Waals surface area contributed by atoms with Gasteiger partial charge in [0.2, 0.25) is 5.91 Å². The molecule has 1 saturated heterocycles. The number of nitrogens with two attached hydrogens (primary N) is 1. The van der Waals surface area contributed by atoms with Crippen LogP contribution in [0.3, 0.4) is 0 Å². The molecule has 0 aromatic heterocycles. The fraction of sp³-hybridized carbons (Fsp3) is 0.367. The molecular weight excluding hydrogens is 462 g/mol. The van der Waals surface area contributed by atoms with Gasteiger partial charge in [0.05, 0.1) is 18.3 Å². The van der Waals surface area contributed by atoms with Gasteiger partial charge in [-0.3, -0.25) is 15.6 Å². The van der Waals surface area contributed by atoms with Crippen molar-refractivity contribution in [2.24, 2.45) is 11.7 Å². The van der Waals surface area contributed by atoms with Gasteiger partial charge < -0.3 is 20.3 Å². The van der Waals surface area contributed by atoms with E-state index in [1.165, 1.54) is 0 Å². The SMILES string of the molecule is CC(=N)N1CCC(Oc2ccc3c(c2)C(C(C)C)C(=O)N3Cc2ccc3ccc(C(=N)N)cc3c2)CC1. The van der Waals surface area contributed by atoms with E-state index < -0.39 is 0 Å². The molecule has 5 rings (SSSR count). The van der Waals surface area contributed by atoms with Crippen LogP contribution in [0.5, 0.6) is 5.75 Å². The number of carbonyl (C=O) groups is 1.